The molecule has 1 N–H and O–H groups in total. The molecule has 7 heteroatoms. The summed E-state index contributed by atoms with van der Waals surface area (Å²) in [5.74, 6) is 0.524. The van der Waals surface area contributed by atoms with Crippen molar-refractivity contribution in [1.82, 2.24) is 14.8 Å². The van der Waals surface area contributed by atoms with Crippen molar-refractivity contribution in [2.75, 3.05) is 52.5 Å². The highest BCUT2D eigenvalue weighted by Gasteiger charge is 2.36. The van der Waals surface area contributed by atoms with E-state index in [2.05, 4.69) is 9.88 Å². The van der Waals surface area contributed by atoms with E-state index in [9.17, 15) is 9.90 Å². The molecule has 0 radical (unpaired) electrons. The van der Waals surface area contributed by atoms with Crippen molar-refractivity contribution < 1.29 is 14.6 Å². The van der Waals surface area contributed by atoms with Crippen LogP contribution in [-0.4, -0.2) is 78.3 Å². The van der Waals surface area contributed by atoms with Gasteiger partial charge in [0.1, 0.15) is 0 Å². The summed E-state index contributed by atoms with van der Waals surface area (Å²) in [6, 6.07) is 5.69. The molecule has 2 aliphatic rings. The van der Waals surface area contributed by atoms with Crippen molar-refractivity contribution in [1.29, 1.82) is 0 Å². The average Bonchev–Trinajstić information content (AvgIpc) is 3.28. The van der Waals surface area contributed by atoms with Gasteiger partial charge in [0, 0.05) is 50.8 Å². The molecule has 6 nitrogen and oxygen atoms in total. The van der Waals surface area contributed by atoms with Crippen molar-refractivity contribution in [2.24, 2.45) is 11.8 Å². The Morgan fingerprint density at radius 3 is 2.88 bits per heavy atom. The smallest absolute Gasteiger partial charge is 0.253 e. The Kier molecular flexibility index (Phi) is 4.98. The number of aromatic nitrogens is 1. The van der Waals surface area contributed by atoms with Gasteiger partial charge in [-0.2, -0.15) is 0 Å². The maximum absolute atomic E-state index is 12.9. The van der Waals surface area contributed by atoms with Crippen LogP contribution in [0.15, 0.2) is 23.7 Å². The first kappa shape index (κ1) is 16.9. The number of aliphatic hydroxyl groups excluding tert-OH is 1. The molecule has 4 rings (SSSR count). The standard InChI is InChI=1S/C18H23N3O3S/c22-11-15-10-21(9-14(15)8-20-3-5-24-6-4-20)18(23)13-1-2-16-17(7-13)25-12-19-16/h1-2,7,12,14-15,22H,3-6,8-11H2/t14-,15-/m1/s1. The van der Waals surface area contributed by atoms with E-state index in [1.807, 2.05) is 23.1 Å². The van der Waals surface area contributed by atoms with Gasteiger partial charge in [-0.05, 0) is 24.1 Å². The lowest BCUT2D eigenvalue weighted by Gasteiger charge is -2.30. The number of carbonyl (C=O) groups is 1. The van der Waals surface area contributed by atoms with Crippen LogP contribution < -0.4 is 0 Å². The van der Waals surface area contributed by atoms with Crippen LogP contribution >= 0.6 is 11.3 Å². The predicted molar refractivity (Wildman–Crippen MR) is 96.8 cm³/mol. The number of aliphatic hydroxyl groups is 1. The van der Waals surface area contributed by atoms with Crippen LogP contribution in [0.3, 0.4) is 0 Å². The molecule has 0 unspecified atom stereocenters. The first-order chi connectivity index (χ1) is 12.2. The fourth-order valence-electron chi connectivity index (χ4n) is 3.80. The Morgan fingerprint density at radius 2 is 2.08 bits per heavy atom. The number of hydrogen-bond donors (Lipinski definition) is 1. The monoisotopic (exact) mass is 361 g/mol. The second-order valence-corrected chi connectivity index (χ2v) is 7.75. The average molecular weight is 361 g/mol. The number of hydrogen-bond acceptors (Lipinski definition) is 6. The summed E-state index contributed by atoms with van der Waals surface area (Å²) in [6.07, 6.45) is 0. The highest BCUT2D eigenvalue weighted by molar-refractivity contribution is 7.16. The maximum atomic E-state index is 12.9. The minimum Gasteiger partial charge on any atom is -0.396 e. The normalized spacial score (nSPS) is 24.9. The van der Waals surface area contributed by atoms with Crippen LogP contribution in [0, 0.1) is 11.8 Å². The van der Waals surface area contributed by atoms with Crippen molar-refractivity contribution in [3.05, 3.63) is 29.3 Å². The van der Waals surface area contributed by atoms with Gasteiger partial charge in [-0.25, -0.2) is 4.98 Å². The van der Waals surface area contributed by atoms with Crippen molar-refractivity contribution in [2.45, 2.75) is 0 Å². The predicted octanol–water partition coefficient (Wildman–Crippen LogP) is 1.31. The fourth-order valence-corrected chi connectivity index (χ4v) is 4.52. The molecule has 2 fully saturated rings. The lowest BCUT2D eigenvalue weighted by Crippen LogP contribution is -2.41. The van der Waals surface area contributed by atoms with Crippen LogP contribution in [0.4, 0.5) is 0 Å². The number of morpholine rings is 1. The van der Waals surface area contributed by atoms with E-state index in [0.717, 1.165) is 43.1 Å². The molecule has 1 amide bonds. The number of nitrogens with zero attached hydrogens (tertiary/aromatic N) is 3. The second kappa shape index (κ2) is 7.37. The minimum absolute atomic E-state index is 0.0539. The van der Waals surface area contributed by atoms with Gasteiger partial charge in [-0.1, -0.05) is 0 Å². The van der Waals surface area contributed by atoms with Crippen LogP contribution in [0.5, 0.6) is 0 Å². The van der Waals surface area contributed by atoms with Gasteiger partial charge in [0.25, 0.3) is 5.91 Å². The molecule has 1 aromatic heterocycles. The zero-order valence-corrected chi connectivity index (χ0v) is 15.0. The fraction of sp³-hybridized carbons (Fsp3) is 0.556. The molecule has 3 heterocycles. The maximum Gasteiger partial charge on any atom is 0.253 e. The number of amides is 1. The van der Waals surface area contributed by atoms with Crippen LogP contribution in [0.25, 0.3) is 10.2 Å². The zero-order valence-electron chi connectivity index (χ0n) is 14.1. The van der Waals surface area contributed by atoms with Crippen LogP contribution in [-0.2, 0) is 4.74 Å². The molecule has 2 aliphatic heterocycles. The Balaban J connectivity index is 1.45. The number of fused-ring (bicyclic) bond motifs is 1. The SMILES string of the molecule is O=C(c1ccc2ncsc2c1)N1C[C@@H](CN2CCOCC2)[C@@H](CO)C1. The summed E-state index contributed by atoms with van der Waals surface area (Å²) in [7, 11) is 0. The number of carbonyl (C=O) groups excluding carboxylic acids is 1. The topological polar surface area (TPSA) is 65.9 Å². The summed E-state index contributed by atoms with van der Waals surface area (Å²) in [6.45, 7) is 5.81. The molecule has 0 saturated carbocycles. The number of rotatable bonds is 4. The molecule has 2 saturated heterocycles. The molecule has 2 atom stereocenters. The van der Waals surface area contributed by atoms with Gasteiger partial charge >= 0.3 is 0 Å². The Bertz CT molecular complexity index is 744. The molecule has 0 spiro atoms. The molecule has 2 aromatic rings. The van der Waals surface area contributed by atoms with Gasteiger partial charge in [0.15, 0.2) is 0 Å². The first-order valence-electron chi connectivity index (χ1n) is 8.78. The third-order valence-corrected chi connectivity index (χ3v) is 6.06. The number of likely N-dealkylation sites (tertiary alicyclic amines) is 1. The largest absolute Gasteiger partial charge is 0.396 e. The molecule has 1 aromatic carbocycles. The number of benzene rings is 1. The van der Waals surface area contributed by atoms with Crippen LogP contribution in [0.2, 0.25) is 0 Å². The molecule has 134 valence electrons. The van der Waals surface area contributed by atoms with Crippen molar-refractivity contribution in [3.63, 3.8) is 0 Å². The third-order valence-electron chi connectivity index (χ3n) is 5.27. The Labute approximate surface area is 151 Å². The van der Waals surface area contributed by atoms with E-state index in [1.54, 1.807) is 16.8 Å². The summed E-state index contributed by atoms with van der Waals surface area (Å²) in [5.41, 5.74) is 3.44. The molecule has 0 bridgehead atoms. The summed E-state index contributed by atoms with van der Waals surface area (Å²) in [4.78, 5) is 21.5. The summed E-state index contributed by atoms with van der Waals surface area (Å²) < 4.78 is 6.44. The van der Waals surface area contributed by atoms with Gasteiger partial charge in [0.2, 0.25) is 0 Å². The Hall–Kier alpha value is -1.54. The lowest BCUT2D eigenvalue weighted by atomic mass is 9.96. The summed E-state index contributed by atoms with van der Waals surface area (Å²) in [5, 5.41) is 9.76. The van der Waals surface area contributed by atoms with Gasteiger partial charge < -0.3 is 14.7 Å². The van der Waals surface area contributed by atoms with E-state index in [-0.39, 0.29) is 18.4 Å². The Morgan fingerprint density at radius 1 is 1.28 bits per heavy atom. The van der Waals surface area contributed by atoms with Crippen molar-refractivity contribution >= 4 is 27.5 Å². The zero-order chi connectivity index (χ0) is 17.2. The third kappa shape index (κ3) is 3.55. The van der Waals surface area contributed by atoms with Crippen molar-refractivity contribution in [3.8, 4) is 0 Å². The minimum atomic E-state index is 0.0539. The van der Waals surface area contributed by atoms with E-state index in [4.69, 9.17) is 4.74 Å². The molecular formula is C18H23N3O3S. The second-order valence-electron chi connectivity index (χ2n) is 6.86. The quantitative estimate of drug-likeness (QED) is 0.889. The van der Waals surface area contributed by atoms with Gasteiger partial charge in [-0.3, -0.25) is 9.69 Å². The first-order valence-corrected chi connectivity index (χ1v) is 9.66. The molecule has 0 aliphatic carbocycles. The van der Waals surface area contributed by atoms with Gasteiger partial charge in [-0.15, -0.1) is 11.3 Å². The lowest BCUT2D eigenvalue weighted by molar-refractivity contribution is 0.0264. The van der Waals surface area contributed by atoms with E-state index < -0.39 is 0 Å². The van der Waals surface area contributed by atoms with Crippen LogP contribution in [0.1, 0.15) is 10.4 Å². The number of thiazole rings is 1. The number of ether oxygens (including phenoxy) is 1. The summed E-state index contributed by atoms with van der Waals surface area (Å²) >= 11 is 1.55. The highest BCUT2D eigenvalue weighted by atomic mass is 32.1. The van der Waals surface area contributed by atoms with E-state index >= 15 is 0 Å². The molecular weight excluding hydrogens is 338 g/mol. The molecule has 25 heavy (non-hydrogen) atoms. The van der Waals surface area contributed by atoms with E-state index in [1.165, 1.54) is 0 Å². The highest BCUT2D eigenvalue weighted by Crippen LogP contribution is 2.27. The van der Waals surface area contributed by atoms with Gasteiger partial charge in [0.05, 0.1) is 28.9 Å². The van der Waals surface area contributed by atoms with E-state index in [0.29, 0.717) is 24.6 Å².